The number of benzene rings is 1. The summed E-state index contributed by atoms with van der Waals surface area (Å²) < 4.78 is 13.6. The number of rotatable bonds is 4. The molecule has 3 nitrogen and oxygen atoms in total. The highest BCUT2D eigenvalue weighted by atomic mass is 32.1. The lowest BCUT2D eigenvalue weighted by Crippen LogP contribution is -2.27. The van der Waals surface area contributed by atoms with E-state index in [0.29, 0.717) is 10.4 Å². The minimum Gasteiger partial charge on any atom is -0.363 e. The number of carbonyl (C=O) groups is 1. The van der Waals surface area contributed by atoms with E-state index in [-0.39, 0.29) is 18.3 Å². The van der Waals surface area contributed by atoms with Gasteiger partial charge in [0.25, 0.3) is 5.91 Å². The number of hydrogen-bond acceptors (Lipinski definition) is 3. The number of carbonyl (C=O) groups excluding carboxylic acids is 1. The van der Waals surface area contributed by atoms with Gasteiger partial charge in [-0.3, -0.25) is 4.79 Å². The van der Waals surface area contributed by atoms with Gasteiger partial charge in [0.2, 0.25) is 0 Å². The summed E-state index contributed by atoms with van der Waals surface area (Å²) in [6, 6.07) is 8.50. The Labute approximate surface area is 133 Å². The van der Waals surface area contributed by atoms with E-state index in [1.807, 2.05) is 6.07 Å². The maximum Gasteiger partial charge on any atom is 0.261 e. The van der Waals surface area contributed by atoms with E-state index in [9.17, 15) is 9.18 Å². The van der Waals surface area contributed by atoms with Crippen molar-refractivity contribution in [1.29, 1.82) is 0 Å². The Balaban J connectivity index is 1.71. The Bertz CT molecular complexity index is 683. The predicted octanol–water partition coefficient (Wildman–Crippen LogP) is 3.59. The maximum absolute atomic E-state index is 13.6. The first-order chi connectivity index (χ1) is 10.7. The number of anilines is 1. The number of amides is 1. The van der Waals surface area contributed by atoms with Crippen molar-refractivity contribution in [2.45, 2.75) is 26.3 Å². The van der Waals surface area contributed by atoms with Crippen LogP contribution < -0.4 is 10.2 Å². The molecule has 0 spiro atoms. The molecule has 0 aliphatic carbocycles. The molecule has 0 bridgehead atoms. The summed E-state index contributed by atoms with van der Waals surface area (Å²) in [7, 11) is 0. The van der Waals surface area contributed by atoms with Crippen molar-refractivity contribution in [3.05, 3.63) is 52.2 Å². The number of hydrogen-bond donors (Lipinski definition) is 1. The Hall–Kier alpha value is -1.88. The Morgan fingerprint density at radius 2 is 2.23 bits per heavy atom. The van der Waals surface area contributed by atoms with Crippen LogP contribution in [0.25, 0.3) is 0 Å². The lowest BCUT2D eigenvalue weighted by molar-refractivity contribution is 0.0954. The summed E-state index contributed by atoms with van der Waals surface area (Å²) in [4.78, 5) is 15.3. The highest BCUT2D eigenvalue weighted by molar-refractivity contribution is 7.18. The van der Waals surface area contributed by atoms with Crippen LogP contribution in [-0.4, -0.2) is 19.0 Å². The summed E-state index contributed by atoms with van der Waals surface area (Å²) in [5.41, 5.74) is 1.77. The van der Waals surface area contributed by atoms with Gasteiger partial charge < -0.3 is 10.2 Å². The van der Waals surface area contributed by atoms with E-state index < -0.39 is 0 Å². The highest BCUT2D eigenvalue weighted by Gasteiger charge is 2.21. The number of fused-ring (bicyclic) bond motifs is 1. The molecule has 0 atom stereocenters. The minimum atomic E-state index is -0.287. The van der Waals surface area contributed by atoms with Gasteiger partial charge in [0.15, 0.2) is 0 Å². The van der Waals surface area contributed by atoms with Crippen molar-refractivity contribution >= 4 is 22.2 Å². The van der Waals surface area contributed by atoms with Gasteiger partial charge in [0.1, 0.15) is 5.82 Å². The quantitative estimate of drug-likeness (QED) is 0.934. The molecule has 116 valence electrons. The fourth-order valence-corrected chi connectivity index (χ4v) is 3.96. The molecule has 0 saturated carbocycles. The Kier molecular flexibility index (Phi) is 4.43. The van der Waals surface area contributed by atoms with Gasteiger partial charge in [-0.05, 0) is 37.5 Å². The second-order valence-electron chi connectivity index (χ2n) is 5.40. The molecule has 0 fully saturated rings. The molecule has 3 rings (SSSR count). The molecule has 5 heteroatoms. The van der Waals surface area contributed by atoms with Crippen LogP contribution in [0.1, 0.15) is 34.1 Å². The summed E-state index contributed by atoms with van der Waals surface area (Å²) in [5, 5.41) is 4.02. The molecule has 0 saturated heterocycles. The van der Waals surface area contributed by atoms with Crippen LogP contribution in [0.4, 0.5) is 9.39 Å². The van der Waals surface area contributed by atoms with E-state index in [2.05, 4.69) is 17.1 Å². The standard InChI is InChI=1S/C17H19FN2OS/c1-2-20-9-5-7-12-10-15(22-17(12)20)16(21)19-11-13-6-3-4-8-14(13)18/h3-4,6,8,10H,2,5,7,9,11H2,1H3,(H,19,21). The number of nitrogens with one attached hydrogen (secondary N) is 1. The first-order valence-electron chi connectivity index (χ1n) is 7.58. The van der Waals surface area contributed by atoms with Gasteiger partial charge in [-0.15, -0.1) is 11.3 Å². The van der Waals surface area contributed by atoms with Crippen molar-refractivity contribution in [1.82, 2.24) is 5.32 Å². The van der Waals surface area contributed by atoms with E-state index in [0.717, 1.165) is 25.9 Å². The smallest absolute Gasteiger partial charge is 0.261 e. The normalized spacial score (nSPS) is 13.8. The largest absolute Gasteiger partial charge is 0.363 e. The maximum atomic E-state index is 13.6. The molecular formula is C17H19FN2OS. The second-order valence-corrected chi connectivity index (χ2v) is 6.43. The Morgan fingerprint density at radius 3 is 3.00 bits per heavy atom. The molecule has 1 aromatic carbocycles. The zero-order valence-electron chi connectivity index (χ0n) is 12.6. The monoisotopic (exact) mass is 318 g/mol. The summed E-state index contributed by atoms with van der Waals surface area (Å²) in [6.07, 6.45) is 2.16. The number of aryl methyl sites for hydroxylation is 1. The zero-order valence-corrected chi connectivity index (χ0v) is 13.4. The van der Waals surface area contributed by atoms with Crippen molar-refractivity contribution in [3.63, 3.8) is 0 Å². The zero-order chi connectivity index (χ0) is 15.5. The molecule has 1 aromatic heterocycles. The van der Waals surface area contributed by atoms with Crippen LogP contribution in [0, 0.1) is 5.82 Å². The fourth-order valence-electron chi connectivity index (χ4n) is 2.75. The van der Waals surface area contributed by atoms with E-state index >= 15 is 0 Å². The van der Waals surface area contributed by atoms with E-state index in [1.165, 1.54) is 28.0 Å². The molecule has 0 unspecified atom stereocenters. The molecule has 22 heavy (non-hydrogen) atoms. The number of halogens is 1. The first-order valence-corrected chi connectivity index (χ1v) is 8.40. The van der Waals surface area contributed by atoms with Crippen molar-refractivity contribution in [2.24, 2.45) is 0 Å². The van der Waals surface area contributed by atoms with Gasteiger partial charge in [-0.25, -0.2) is 4.39 Å². The van der Waals surface area contributed by atoms with Crippen LogP contribution in [0.2, 0.25) is 0 Å². The van der Waals surface area contributed by atoms with Gasteiger partial charge >= 0.3 is 0 Å². The molecule has 1 amide bonds. The lowest BCUT2D eigenvalue weighted by atomic mass is 10.1. The average molecular weight is 318 g/mol. The number of thiophene rings is 1. The van der Waals surface area contributed by atoms with Gasteiger partial charge in [0, 0.05) is 25.2 Å². The average Bonchev–Trinajstić information content (AvgIpc) is 2.98. The van der Waals surface area contributed by atoms with Gasteiger partial charge in [0.05, 0.1) is 9.88 Å². The molecule has 0 radical (unpaired) electrons. The molecule has 1 aliphatic heterocycles. The van der Waals surface area contributed by atoms with Gasteiger partial charge in [-0.1, -0.05) is 18.2 Å². The number of nitrogens with zero attached hydrogens (tertiary/aromatic N) is 1. The third-order valence-electron chi connectivity index (χ3n) is 3.95. The van der Waals surface area contributed by atoms with E-state index in [4.69, 9.17) is 0 Å². The fraction of sp³-hybridized carbons (Fsp3) is 0.353. The SMILES string of the molecule is CCN1CCCc2cc(C(=O)NCc3ccccc3F)sc21. The highest BCUT2D eigenvalue weighted by Crippen LogP contribution is 2.35. The third kappa shape index (κ3) is 2.99. The third-order valence-corrected chi connectivity index (χ3v) is 5.19. The van der Waals surface area contributed by atoms with Crippen LogP contribution >= 0.6 is 11.3 Å². The molecule has 1 N–H and O–H groups in total. The first kappa shape index (κ1) is 15.0. The molecule has 2 aromatic rings. The van der Waals surface area contributed by atoms with E-state index in [1.54, 1.807) is 18.2 Å². The van der Waals surface area contributed by atoms with Crippen LogP contribution in [0.15, 0.2) is 30.3 Å². The van der Waals surface area contributed by atoms with Crippen molar-refractivity contribution in [3.8, 4) is 0 Å². The predicted molar refractivity (Wildman–Crippen MR) is 88.1 cm³/mol. The van der Waals surface area contributed by atoms with Crippen molar-refractivity contribution in [2.75, 3.05) is 18.0 Å². The minimum absolute atomic E-state index is 0.126. The van der Waals surface area contributed by atoms with Crippen LogP contribution in [-0.2, 0) is 13.0 Å². The van der Waals surface area contributed by atoms with Crippen LogP contribution in [0.3, 0.4) is 0 Å². The molecule has 2 heterocycles. The van der Waals surface area contributed by atoms with Crippen molar-refractivity contribution < 1.29 is 9.18 Å². The summed E-state index contributed by atoms with van der Waals surface area (Å²) >= 11 is 1.54. The van der Waals surface area contributed by atoms with Crippen LogP contribution in [0.5, 0.6) is 0 Å². The molecular weight excluding hydrogens is 299 g/mol. The van der Waals surface area contributed by atoms with Gasteiger partial charge in [-0.2, -0.15) is 0 Å². The second kappa shape index (κ2) is 6.48. The summed E-state index contributed by atoms with van der Waals surface area (Å²) in [5.74, 6) is -0.413. The topological polar surface area (TPSA) is 32.3 Å². The lowest BCUT2D eigenvalue weighted by Gasteiger charge is -2.26. The summed E-state index contributed by atoms with van der Waals surface area (Å²) in [6.45, 7) is 4.36. The Morgan fingerprint density at radius 1 is 1.41 bits per heavy atom. The molecule has 1 aliphatic rings.